The molecule has 0 spiro atoms. The number of ether oxygens (including phenoxy) is 1. The number of fused-ring (bicyclic) bond motifs is 1. The quantitative estimate of drug-likeness (QED) is 0.839. The fourth-order valence-electron chi connectivity index (χ4n) is 2.40. The zero-order chi connectivity index (χ0) is 12.4. The summed E-state index contributed by atoms with van der Waals surface area (Å²) in [5.41, 5.74) is 0.774. The van der Waals surface area contributed by atoms with Gasteiger partial charge in [0.2, 0.25) is 0 Å². The summed E-state index contributed by atoms with van der Waals surface area (Å²) in [5.74, 6) is 1.64. The molecule has 0 unspecified atom stereocenters. The summed E-state index contributed by atoms with van der Waals surface area (Å²) < 4.78 is 5.27. The molecule has 2 N–H and O–H groups in total. The lowest BCUT2D eigenvalue weighted by Gasteiger charge is -2.34. The monoisotopic (exact) mass is 247 g/mol. The Labute approximate surface area is 105 Å². The summed E-state index contributed by atoms with van der Waals surface area (Å²) in [7, 11) is 1.79. The van der Waals surface area contributed by atoms with Crippen LogP contribution >= 0.6 is 0 Å². The van der Waals surface area contributed by atoms with Crippen molar-refractivity contribution >= 4 is 16.9 Å². The second kappa shape index (κ2) is 4.89. The third-order valence-corrected chi connectivity index (χ3v) is 3.62. The van der Waals surface area contributed by atoms with E-state index in [1.54, 1.807) is 19.6 Å². The van der Waals surface area contributed by atoms with Gasteiger partial charge in [0.15, 0.2) is 5.65 Å². The van der Waals surface area contributed by atoms with Gasteiger partial charge in [-0.05, 0) is 25.2 Å². The van der Waals surface area contributed by atoms with E-state index in [1.165, 1.54) is 12.8 Å². The van der Waals surface area contributed by atoms with Crippen LogP contribution < -0.4 is 5.32 Å². The second-order valence-corrected chi connectivity index (χ2v) is 4.77. The minimum absolute atomic E-state index is 0.481. The molecule has 0 aromatic carbocycles. The predicted molar refractivity (Wildman–Crippen MR) is 68.3 cm³/mol. The topological polar surface area (TPSA) is 75.7 Å². The van der Waals surface area contributed by atoms with Crippen molar-refractivity contribution in [1.29, 1.82) is 0 Å². The van der Waals surface area contributed by atoms with Gasteiger partial charge < -0.3 is 10.1 Å². The Morgan fingerprint density at radius 3 is 3.17 bits per heavy atom. The zero-order valence-electron chi connectivity index (χ0n) is 10.4. The Morgan fingerprint density at radius 1 is 1.44 bits per heavy atom. The van der Waals surface area contributed by atoms with Crippen molar-refractivity contribution in [3.05, 3.63) is 12.5 Å². The Bertz CT molecular complexity index is 520. The SMILES string of the molecule is COC1CC(CCNc2ncnc3[nH]ncc23)C1. The number of aromatic nitrogens is 4. The van der Waals surface area contributed by atoms with Gasteiger partial charge in [-0.15, -0.1) is 0 Å². The Hall–Kier alpha value is -1.69. The number of methoxy groups -OCH3 is 1. The summed E-state index contributed by atoms with van der Waals surface area (Å²) in [5, 5.41) is 11.1. The van der Waals surface area contributed by atoms with Crippen LogP contribution in [0.15, 0.2) is 12.5 Å². The van der Waals surface area contributed by atoms with Crippen molar-refractivity contribution in [1.82, 2.24) is 20.2 Å². The Kier molecular flexibility index (Phi) is 3.10. The van der Waals surface area contributed by atoms with E-state index < -0.39 is 0 Å². The molecular formula is C12H17N5O. The fourth-order valence-corrected chi connectivity index (χ4v) is 2.40. The maximum absolute atomic E-state index is 5.27. The van der Waals surface area contributed by atoms with Gasteiger partial charge in [0.25, 0.3) is 0 Å². The smallest absolute Gasteiger partial charge is 0.160 e. The van der Waals surface area contributed by atoms with Crippen LogP contribution in [0.3, 0.4) is 0 Å². The lowest BCUT2D eigenvalue weighted by atomic mass is 9.80. The highest BCUT2D eigenvalue weighted by molar-refractivity contribution is 5.85. The number of aromatic amines is 1. The minimum atomic E-state index is 0.481. The van der Waals surface area contributed by atoms with E-state index in [9.17, 15) is 0 Å². The standard InChI is InChI=1S/C12H17N5O/c1-18-9-4-8(5-9)2-3-13-11-10-6-16-17-12(10)15-7-14-11/h6-9H,2-5H2,1H3,(H2,13,14,15,16,17). The molecule has 1 fully saturated rings. The van der Waals surface area contributed by atoms with Crippen LogP contribution in [0.4, 0.5) is 5.82 Å². The highest BCUT2D eigenvalue weighted by Crippen LogP contribution is 2.32. The molecule has 2 aromatic rings. The van der Waals surface area contributed by atoms with E-state index in [4.69, 9.17) is 4.74 Å². The molecule has 1 saturated carbocycles. The minimum Gasteiger partial charge on any atom is -0.381 e. The number of rotatable bonds is 5. The summed E-state index contributed by atoms with van der Waals surface area (Å²) in [4.78, 5) is 8.35. The van der Waals surface area contributed by atoms with Crippen molar-refractivity contribution in [2.24, 2.45) is 5.92 Å². The molecule has 6 nitrogen and oxygen atoms in total. The first kappa shape index (κ1) is 11.4. The van der Waals surface area contributed by atoms with Crippen LogP contribution in [-0.2, 0) is 4.74 Å². The van der Waals surface area contributed by atoms with Gasteiger partial charge in [-0.2, -0.15) is 5.10 Å². The summed E-state index contributed by atoms with van der Waals surface area (Å²) in [6.45, 7) is 0.929. The van der Waals surface area contributed by atoms with Crippen LogP contribution in [0, 0.1) is 5.92 Å². The fraction of sp³-hybridized carbons (Fsp3) is 0.583. The van der Waals surface area contributed by atoms with Crippen LogP contribution in [0.25, 0.3) is 11.0 Å². The first-order valence-corrected chi connectivity index (χ1v) is 6.27. The van der Waals surface area contributed by atoms with Gasteiger partial charge in [0.1, 0.15) is 12.1 Å². The molecule has 3 rings (SSSR count). The van der Waals surface area contributed by atoms with Gasteiger partial charge in [-0.25, -0.2) is 9.97 Å². The summed E-state index contributed by atoms with van der Waals surface area (Å²) in [6.07, 6.45) is 7.31. The van der Waals surface area contributed by atoms with E-state index in [0.29, 0.717) is 6.10 Å². The van der Waals surface area contributed by atoms with Crippen molar-refractivity contribution in [3.8, 4) is 0 Å². The number of hydrogen-bond acceptors (Lipinski definition) is 5. The van der Waals surface area contributed by atoms with Crippen molar-refractivity contribution in [3.63, 3.8) is 0 Å². The molecule has 0 atom stereocenters. The third kappa shape index (κ3) is 2.15. The molecular weight excluding hydrogens is 230 g/mol. The number of nitrogens with zero attached hydrogens (tertiary/aromatic N) is 3. The molecule has 2 heterocycles. The van der Waals surface area contributed by atoms with Gasteiger partial charge in [-0.3, -0.25) is 5.10 Å². The molecule has 0 saturated heterocycles. The van der Waals surface area contributed by atoms with E-state index in [-0.39, 0.29) is 0 Å². The average molecular weight is 247 g/mol. The Balaban J connectivity index is 1.53. The number of nitrogens with one attached hydrogen (secondary N) is 2. The molecule has 0 bridgehead atoms. The lowest BCUT2D eigenvalue weighted by Crippen LogP contribution is -2.31. The van der Waals surface area contributed by atoms with Gasteiger partial charge >= 0.3 is 0 Å². The Morgan fingerprint density at radius 2 is 2.33 bits per heavy atom. The number of H-pyrrole nitrogens is 1. The van der Waals surface area contributed by atoms with E-state index >= 15 is 0 Å². The van der Waals surface area contributed by atoms with E-state index in [0.717, 1.165) is 35.7 Å². The maximum atomic E-state index is 5.27. The highest BCUT2D eigenvalue weighted by atomic mass is 16.5. The van der Waals surface area contributed by atoms with E-state index in [2.05, 4.69) is 25.5 Å². The number of anilines is 1. The molecule has 0 radical (unpaired) electrons. The first-order valence-electron chi connectivity index (χ1n) is 6.27. The molecule has 0 amide bonds. The van der Waals surface area contributed by atoms with Crippen molar-refractivity contribution in [2.45, 2.75) is 25.4 Å². The van der Waals surface area contributed by atoms with E-state index in [1.807, 2.05) is 0 Å². The number of hydrogen-bond donors (Lipinski definition) is 2. The molecule has 0 aliphatic heterocycles. The van der Waals surface area contributed by atoms with Crippen LogP contribution in [0.1, 0.15) is 19.3 Å². The van der Waals surface area contributed by atoms with Gasteiger partial charge in [0.05, 0.1) is 17.7 Å². The average Bonchev–Trinajstić information content (AvgIpc) is 2.81. The predicted octanol–water partition coefficient (Wildman–Crippen LogP) is 1.58. The normalized spacial score (nSPS) is 22.9. The first-order chi connectivity index (χ1) is 8.86. The van der Waals surface area contributed by atoms with Crippen LogP contribution in [-0.4, -0.2) is 39.9 Å². The van der Waals surface area contributed by atoms with Crippen LogP contribution in [0.5, 0.6) is 0 Å². The van der Waals surface area contributed by atoms with Gasteiger partial charge in [-0.1, -0.05) is 0 Å². The largest absolute Gasteiger partial charge is 0.381 e. The van der Waals surface area contributed by atoms with Crippen molar-refractivity contribution in [2.75, 3.05) is 19.0 Å². The summed E-state index contributed by atoms with van der Waals surface area (Å²) in [6, 6.07) is 0. The summed E-state index contributed by atoms with van der Waals surface area (Å²) >= 11 is 0. The van der Waals surface area contributed by atoms with Gasteiger partial charge in [0, 0.05) is 13.7 Å². The molecule has 1 aliphatic carbocycles. The van der Waals surface area contributed by atoms with Crippen molar-refractivity contribution < 1.29 is 4.74 Å². The zero-order valence-corrected chi connectivity index (χ0v) is 10.4. The molecule has 2 aromatic heterocycles. The maximum Gasteiger partial charge on any atom is 0.160 e. The molecule has 1 aliphatic rings. The highest BCUT2D eigenvalue weighted by Gasteiger charge is 2.28. The van der Waals surface area contributed by atoms with Crippen LogP contribution in [0.2, 0.25) is 0 Å². The second-order valence-electron chi connectivity index (χ2n) is 4.77. The molecule has 18 heavy (non-hydrogen) atoms. The third-order valence-electron chi connectivity index (χ3n) is 3.62. The lowest BCUT2D eigenvalue weighted by molar-refractivity contribution is -0.000336. The molecule has 6 heteroatoms. The molecule has 96 valence electrons.